The topological polar surface area (TPSA) is 92.2 Å². The van der Waals surface area contributed by atoms with Crippen LogP contribution in [0.4, 0.5) is 9.93 Å². The van der Waals surface area contributed by atoms with Gasteiger partial charge in [0.05, 0.1) is 36.5 Å². The predicted octanol–water partition coefficient (Wildman–Crippen LogP) is 4.23. The molecule has 2 aromatic carbocycles. The van der Waals surface area contributed by atoms with Gasteiger partial charge in [0.15, 0.2) is 5.13 Å². The summed E-state index contributed by atoms with van der Waals surface area (Å²) in [5, 5.41) is 9.80. The van der Waals surface area contributed by atoms with Gasteiger partial charge in [-0.25, -0.2) is 14.6 Å². The molecule has 1 aliphatic rings. The van der Waals surface area contributed by atoms with Gasteiger partial charge in [-0.1, -0.05) is 11.3 Å². The summed E-state index contributed by atoms with van der Waals surface area (Å²) in [5.41, 5.74) is 1.79. The minimum atomic E-state index is -0.984. The van der Waals surface area contributed by atoms with Crippen molar-refractivity contribution in [3.63, 3.8) is 0 Å². The molecule has 0 atom stereocenters. The van der Waals surface area contributed by atoms with Crippen molar-refractivity contribution in [3.8, 4) is 11.5 Å². The minimum absolute atomic E-state index is 0.118. The number of fused-ring (bicyclic) bond motifs is 1. The highest BCUT2D eigenvalue weighted by Crippen LogP contribution is 2.32. The van der Waals surface area contributed by atoms with Crippen LogP contribution in [0.15, 0.2) is 36.4 Å². The van der Waals surface area contributed by atoms with Crippen LogP contribution >= 0.6 is 11.3 Å². The molecule has 9 heteroatoms. The van der Waals surface area contributed by atoms with Crippen molar-refractivity contribution in [2.24, 2.45) is 0 Å². The number of carboxylic acids is 1. The second-order valence-electron chi connectivity index (χ2n) is 7.22. The van der Waals surface area contributed by atoms with E-state index in [4.69, 9.17) is 9.47 Å². The SMILES string of the molecule is COc1ccc(CN2CCCCN(c3nc4ccc(C(=O)O)cc4s3)C2=O)c(OC)c1. The lowest BCUT2D eigenvalue weighted by Gasteiger charge is -2.26. The Kier molecular flexibility index (Phi) is 5.94. The van der Waals surface area contributed by atoms with Crippen LogP contribution in [-0.4, -0.2) is 54.3 Å². The van der Waals surface area contributed by atoms with Gasteiger partial charge in [-0.15, -0.1) is 0 Å². The van der Waals surface area contributed by atoms with Gasteiger partial charge in [0.2, 0.25) is 0 Å². The van der Waals surface area contributed by atoms with Gasteiger partial charge < -0.3 is 19.5 Å². The Morgan fingerprint density at radius 3 is 2.68 bits per heavy atom. The van der Waals surface area contributed by atoms with Crippen LogP contribution in [0.2, 0.25) is 0 Å². The third kappa shape index (κ3) is 4.27. The summed E-state index contributed by atoms with van der Waals surface area (Å²) >= 11 is 1.33. The summed E-state index contributed by atoms with van der Waals surface area (Å²) in [7, 11) is 3.20. The number of nitrogens with zero attached hydrogens (tertiary/aromatic N) is 3. The number of ether oxygens (including phenoxy) is 2. The minimum Gasteiger partial charge on any atom is -0.497 e. The summed E-state index contributed by atoms with van der Waals surface area (Å²) in [4.78, 5) is 32.7. The molecule has 1 saturated heterocycles. The molecule has 162 valence electrons. The number of carbonyl (C=O) groups excluding carboxylic acids is 1. The number of carbonyl (C=O) groups is 2. The Hall–Kier alpha value is -3.33. The molecule has 3 aromatic rings. The third-order valence-corrected chi connectivity index (χ3v) is 6.31. The highest BCUT2D eigenvalue weighted by molar-refractivity contribution is 7.22. The molecule has 1 N–H and O–H groups in total. The molecule has 4 rings (SSSR count). The van der Waals surface area contributed by atoms with E-state index in [0.717, 1.165) is 23.1 Å². The number of rotatable bonds is 6. The number of amides is 2. The molecular formula is C22H23N3O5S. The second-order valence-corrected chi connectivity index (χ2v) is 8.23. The van der Waals surface area contributed by atoms with Gasteiger partial charge in [0.1, 0.15) is 11.5 Å². The molecule has 2 heterocycles. The van der Waals surface area contributed by atoms with Crippen LogP contribution < -0.4 is 14.4 Å². The lowest BCUT2D eigenvalue weighted by atomic mass is 10.1. The molecular weight excluding hydrogens is 418 g/mol. The number of methoxy groups -OCH3 is 2. The van der Waals surface area contributed by atoms with Crippen LogP contribution in [0.1, 0.15) is 28.8 Å². The number of benzene rings is 2. The Balaban J connectivity index is 1.61. The first-order valence-electron chi connectivity index (χ1n) is 9.91. The van der Waals surface area contributed by atoms with Crippen molar-refractivity contribution in [3.05, 3.63) is 47.5 Å². The standard InChI is InChI=1S/C22H23N3O5S/c1-29-16-7-5-15(18(12-16)30-2)13-24-9-3-4-10-25(22(24)28)21-23-17-8-6-14(20(26)27)11-19(17)31-21/h5-8,11-12H,3-4,9-10,13H2,1-2H3,(H,26,27). The molecule has 0 spiro atoms. The average molecular weight is 442 g/mol. The molecule has 31 heavy (non-hydrogen) atoms. The van der Waals surface area contributed by atoms with E-state index in [0.29, 0.717) is 41.8 Å². The van der Waals surface area contributed by atoms with Crippen molar-refractivity contribution in [1.29, 1.82) is 0 Å². The molecule has 0 radical (unpaired) electrons. The van der Waals surface area contributed by atoms with Crippen molar-refractivity contribution < 1.29 is 24.2 Å². The number of hydrogen-bond acceptors (Lipinski definition) is 6. The van der Waals surface area contributed by atoms with Gasteiger partial charge in [-0.05, 0) is 43.2 Å². The first-order valence-corrected chi connectivity index (χ1v) is 10.7. The summed E-state index contributed by atoms with van der Waals surface area (Å²) < 4.78 is 11.5. The summed E-state index contributed by atoms with van der Waals surface area (Å²) in [6.45, 7) is 1.62. The molecule has 0 unspecified atom stereocenters. The molecule has 1 fully saturated rings. The smallest absolute Gasteiger partial charge is 0.335 e. The van der Waals surface area contributed by atoms with Crippen LogP contribution in [-0.2, 0) is 6.54 Å². The van der Waals surface area contributed by atoms with Crippen molar-refractivity contribution in [1.82, 2.24) is 9.88 Å². The van der Waals surface area contributed by atoms with Crippen LogP contribution in [0.25, 0.3) is 10.2 Å². The Labute approximate surface area is 183 Å². The zero-order valence-electron chi connectivity index (χ0n) is 17.3. The normalized spacial score (nSPS) is 14.6. The molecule has 0 aliphatic carbocycles. The molecule has 0 saturated carbocycles. The van der Waals surface area contributed by atoms with Crippen LogP contribution in [0.5, 0.6) is 11.5 Å². The van der Waals surface area contributed by atoms with Crippen molar-refractivity contribution >= 4 is 38.7 Å². The maximum atomic E-state index is 13.4. The number of thiazole rings is 1. The fourth-order valence-electron chi connectivity index (χ4n) is 3.61. The van der Waals surface area contributed by atoms with E-state index in [1.807, 2.05) is 18.2 Å². The van der Waals surface area contributed by atoms with Crippen LogP contribution in [0.3, 0.4) is 0 Å². The van der Waals surface area contributed by atoms with E-state index in [2.05, 4.69) is 4.98 Å². The van der Waals surface area contributed by atoms with Crippen molar-refractivity contribution in [2.45, 2.75) is 19.4 Å². The molecule has 1 aliphatic heterocycles. The number of hydrogen-bond donors (Lipinski definition) is 1. The zero-order valence-corrected chi connectivity index (χ0v) is 18.1. The molecule has 0 bridgehead atoms. The lowest BCUT2D eigenvalue weighted by Crippen LogP contribution is -2.41. The van der Waals surface area contributed by atoms with E-state index < -0.39 is 5.97 Å². The second kappa shape index (κ2) is 8.81. The number of aromatic nitrogens is 1. The highest BCUT2D eigenvalue weighted by atomic mass is 32.1. The van der Waals surface area contributed by atoms with Gasteiger partial charge >= 0.3 is 12.0 Å². The largest absolute Gasteiger partial charge is 0.497 e. The third-order valence-electron chi connectivity index (χ3n) is 5.27. The maximum absolute atomic E-state index is 13.4. The molecule has 1 aromatic heterocycles. The summed E-state index contributed by atoms with van der Waals surface area (Å²) in [5.74, 6) is 0.381. The Morgan fingerprint density at radius 2 is 1.94 bits per heavy atom. The zero-order chi connectivity index (χ0) is 22.0. The number of urea groups is 1. The van der Waals surface area contributed by atoms with E-state index in [1.165, 1.54) is 17.4 Å². The fraction of sp³-hybridized carbons (Fsp3) is 0.318. The van der Waals surface area contributed by atoms with E-state index in [9.17, 15) is 14.7 Å². The number of aromatic carboxylic acids is 1. The van der Waals surface area contributed by atoms with Gasteiger partial charge in [-0.3, -0.25) is 4.90 Å². The molecule has 2 amide bonds. The monoisotopic (exact) mass is 441 g/mol. The first kappa shape index (κ1) is 20.9. The van der Waals surface area contributed by atoms with E-state index >= 15 is 0 Å². The number of anilines is 1. The van der Waals surface area contributed by atoms with Crippen LogP contribution in [0, 0.1) is 0 Å². The summed E-state index contributed by atoms with van der Waals surface area (Å²) in [6, 6.07) is 10.3. The van der Waals surface area contributed by atoms with Gasteiger partial charge in [-0.2, -0.15) is 0 Å². The van der Waals surface area contributed by atoms with E-state index in [1.54, 1.807) is 36.2 Å². The lowest BCUT2D eigenvalue weighted by molar-refractivity contribution is 0.0697. The maximum Gasteiger partial charge on any atom is 0.335 e. The highest BCUT2D eigenvalue weighted by Gasteiger charge is 2.28. The predicted molar refractivity (Wildman–Crippen MR) is 119 cm³/mol. The average Bonchev–Trinajstić information content (AvgIpc) is 3.12. The molecule has 8 nitrogen and oxygen atoms in total. The fourth-order valence-corrected chi connectivity index (χ4v) is 4.63. The Bertz CT molecular complexity index is 1130. The summed E-state index contributed by atoms with van der Waals surface area (Å²) in [6.07, 6.45) is 1.74. The van der Waals surface area contributed by atoms with E-state index in [-0.39, 0.29) is 11.6 Å². The van der Waals surface area contributed by atoms with Crippen molar-refractivity contribution in [2.75, 3.05) is 32.2 Å². The quantitative estimate of drug-likeness (QED) is 0.615. The first-order chi connectivity index (χ1) is 15.0. The Morgan fingerprint density at radius 1 is 1.13 bits per heavy atom. The van der Waals surface area contributed by atoms with Gasteiger partial charge in [0, 0.05) is 24.7 Å². The number of carboxylic acid groups (broad SMARTS) is 1. The van der Waals surface area contributed by atoms with Gasteiger partial charge in [0.25, 0.3) is 0 Å².